The molecule has 12 nitrogen and oxygen atoms in total. The number of hydrogen-bond acceptors (Lipinski definition) is 7. The average molecular weight is 572 g/mol. The standard InChI is InChI=1S/C27H35F2N9O3/c1-17-23(18(2)37(3)24(17)26(40)33-19-10-11-21(28)22(29)14-19)25(39)27(41)31-15-20-16-38(36-34-20)13-9-7-5-4-6-8-12-32-35-30/h10-11,14,16,27,31,41H,4-9,12-13,15H2,1-3H3,(H,33,40). The number of Topliss-reactive ketones (excluding diaryl/α,β-unsaturated/α-hetero) is 1. The minimum Gasteiger partial charge on any atom is -0.371 e. The Bertz CT molecular complexity index is 1410. The van der Waals surface area contributed by atoms with E-state index in [9.17, 15) is 23.5 Å². The van der Waals surface area contributed by atoms with Gasteiger partial charge in [-0.1, -0.05) is 36.0 Å². The molecule has 1 unspecified atom stereocenters. The van der Waals surface area contributed by atoms with Crippen molar-refractivity contribution in [1.29, 1.82) is 0 Å². The lowest BCUT2D eigenvalue weighted by molar-refractivity contribution is 0.0667. The van der Waals surface area contributed by atoms with Gasteiger partial charge in [0.05, 0.1) is 5.69 Å². The van der Waals surface area contributed by atoms with Crippen LogP contribution in [-0.2, 0) is 20.1 Å². The summed E-state index contributed by atoms with van der Waals surface area (Å²) in [7, 11) is 1.60. The van der Waals surface area contributed by atoms with Crippen LogP contribution in [0.2, 0.25) is 0 Å². The average Bonchev–Trinajstić information content (AvgIpc) is 3.48. The number of carbonyl (C=O) groups excluding carboxylic acids is 2. The molecule has 1 amide bonds. The number of amides is 1. The number of halogens is 2. The minimum atomic E-state index is -1.55. The van der Waals surface area contributed by atoms with Gasteiger partial charge in [-0.3, -0.25) is 19.6 Å². The summed E-state index contributed by atoms with van der Waals surface area (Å²) < 4.78 is 30.0. The zero-order chi connectivity index (χ0) is 29.9. The lowest BCUT2D eigenvalue weighted by Gasteiger charge is -2.11. The van der Waals surface area contributed by atoms with Crippen LogP contribution in [0.15, 0.2) is 29.5 Å². The molecular weight excluding hydrogens is 536 g/mol. The maximum absolute atomic E-state index is 13.6. The Balaban J connectivity index is 1.51. The zero-order valence-electron chi connectivity index (χ0n) is 23.4. The number of nitrogens with zero attached hydrogens (tertiary/aromatic N) is 7. The van der Waals surface area contributed by atoms with Crippen molar-refractivity contribution in [2.75, 3.05) is 11.9 Å². The number of aliphatic hydroxyl groups excluding tert-OH is 1. The van der Waals surface area contributed by atoms with Crippen LogP contribution in [-0.4, -0.2) is 49.1 Å². The molecule has 0 aliphatic rings. The second kappa shape index (κ2) is 15.0. The first kappa shape index (κ1) is 31.4. The summed E-state index contributed by atoms with van der Waals surface area (Å²) in [5.41, 5.74) is 10.0. The highest BCUT2D eigenvalue weighted by Crippen LogP contribution is 2.24. The fourth-order valence-electron chi connectivity index (χ4n) is 4.59. The highest BCUT2D eigenvalue weighted by atomic mass is 19.2. The number of aromatic nitrogens is 4. The maximum Gasteiger partial charge on any atom is 0.272 e. The topological polar surface area (TPSA) is 163 Å². The Morgan fingerprint density at radius 2 is 1.83 bits per heavy atom. The van der Waals surface area contributed by atoms with E-state index in [2.05, 4.69) is 31.0 Å². The third kappa shape index (κ3) is 8.43. The first-order valence-corrected chi connectivity index (χ1v) is 13.4. The molecule has 0 aliphatic heterocycles. The Labute approximate surface area is 236 Å². The number of unbranched alkanes of at least 4 members (excludes halogenated alkanes) is 5. The maximum atomic E-state index is 13.6. The normalized spacial score (nSPS) is 11.8. The van der Waals surface area contributed by atoms with E-state index < -0.39 is 29.6 Å². The SMILES string of the molecule is Cc1c(C(=O)C(O)NCc2cn(CCCCCCCCN=[N+]=[N-])nn2)c(C)n(C)c1C(=O)Nc1ccc(F)c(F)c1. The van der Waals surface area contributed by atoms with Crippen molar-refractivity contribution in [3.63, 3.8) is 0 Å². The Hall–Kier alpha value is -4.13. The van der Waals surface area contributed by atoms with Crippen LogP contribution >= 0.6 is 0 Å². The molecule has 41 heavy (non-hydrogen) atoms. The number of azide groups is 1. The fraction of sp³-hybridized carbons (Fsp3) is 0.481. The highest BCUT2D eigenvalue weighted by molar-refractivity contribution is 6.09. The second-order valence-electron chi connectivity index (χ2n) is 9.77. The van der Waals surface area contributed by atoms with Crippen molar-refractivity contribution < 1.29 is 23.5 Å². The molecule has 1 atom stereocenters. The van der Waals surface area contributed by atoms with E-state index in [0.29, 0.717) is 30.0 Å². The molecule has 3 aromatic rings. The Morgan fingerprint density at radius 1 is 1.12 bits per heavy atom. The lowest BCUT2D eigenvalue weighted by atomic mass is 10.0. The van der Waals surface area contributed by atoms with Gasteiger partial charge in [0.2, 0.25) is 5.78 Å². The van der Waals surface area contributed by atoms with Crippen LogP contribution < -0.4 is 10.6 Å². The van der Waals surface area contributed by atoms with Crippen molar-refractivity contribution in [2.45, 2.75) is 71.7 Å². The van der Waals surface area contributed by atoms with Crippen molar-refractivity contribution in [1.82, 2.24) is 24.9 Å². The van der Waals surface area contributed by atoms with Gasteiger partial charge in [0.15, 0.2) is 17.9 Å². The molecule has 0 fully saturated rings. The van der Waals surface area contributed by atoms with E-state index in [1.54, 1.807) is 31.8 Å². The van der Waals surface area contributed by atoms with Gasteiger partial charge in [0.1, 0.15) is 5.69 Å². The largest absolute Gasteiger partial charge is 0.371 e. The molecule has 0 radical (unpaired) electrons. The predicted molar refractivity (Wildman–Crippen MR) is 148 cm³/mol. The number of nitrogens with one attached hydrogen (secondary N) is 2. The number of aryl methyl sites for hydroxylation is 1. The number of rotatable bonds is 16. The van der Waals surface area contributed by atoms with Crippen LogP contribution in [0.1, 0.15) is 76.3 Å². The first-order valence-electron chi connectivity index (χ1n) is 13.4. The van der Waals surface area contributed by atoms with Crippen LogP contribution in [0.3, 0.4) is 0 Å². The fourth-order valence-corrected chi connectivity index (χ4v) is 4.59. The molecule has 220 valence electrons. The van der Waals surface area contributed by atoms with Crippen molar-refractivity contribution in [3.05, 3.63) is 74.7 Å². The predicted octanol–water partition coefficient (Wildman–Crippen LogP) is 4.71. The summed E-state index contributed by atoms with van der Waals surface area (Å²) in [6.45, 7) is 4.58. The quantitative estimate of drug-likeness (QED) is 0.0563. The third-order valence-corrected chi connectivity index (χ3v) is 6.84. The van der Waals surface area contributed by atoms with Crippen LogP contribution in [0.4, 0.5) is 14.5 Å². The molecule has 14 heteroatoms. The summed E-state index contributed by atoms with van der Waals surface area (Å²) in [6, 6.07) is 3.01. The van der Waals surface area contributed by atoms with Gasteiger partial charge >= 0.3 is 0 Å². The molecule has 3 N–H and O–H groups in total. The van der Waals surface area contributed by atoms with Crippen molar-refractivity contribution in [2.24, 2.45) is 12.2 Å². The Kier molecular flexibility index (Phi) is 11.5. The van der Waals surface area contributed by atoms with E-state index in [1.807, 2.05) is 0 Å². The summed E-state index contributed by atoms with van der Waals surface area (Å²) in [5.74, 6) is -3.36. The molecule has 0 bridgehead atoms. The van der Waals surface area contributed by atoms with Gasteiger partial charge in [-0.15, -0.1) is 5.10 Å². The second-order valence-corrected chi connectivity index (χ2v) is 9.77. The van der Waals surface area contributed by atoms with Gasteiger partial charge < -0.3 is 15.0 Å². The molecule has 2 heterocycles. The third-order valence-electron chi connectivity index (χ3n) is 6.84. The number of ketones is 1. The molecular formula is C27H35F2N9O3. The van der Waals surface area contributed by atoms with Crippen LogP contribution in [0.25, 0.3) is 10.4 Å². The molecule has 1 aromatic carbocycles. The molecule has 0 spiro atoms. The van der Waals surface area contributed by atoms with Gasteiger partial charge in [-0.25, -0.2) is 8.78 Å². The van der Waals surface area contributed by atoms with Gasteiger partial charge in [0.25, 0.3) is 5.91 Å². The number of anilines is 1. The minimum absolute atomic E-state index is 0.0636. The number of aliphatic hydroxyl groups is 1. The molecule has 0 saturated carbocycles. The monoisotopic (exact) mass is 571 g/mol. The van der Waals surface area contributed by atoms with Crippen molar-refractivity contribution in [3.8, 4) is 0 Å². The van der Waals surface area contributed by atoms with E-state index in [1.165, 1.54) is 10.6 Å². The highest BCUT2D eigenvalue weighted by Gasteiger charge is 2.28. The molecule has 0 aliphatic carbocycles. The summed E-state index contributed by atoms with van der Waals surface area (Å²) in [5, 5.41) is 27.6. The molecule has 3 rings (SSSR count). The van der Waals surface area contributed by atoms with Crippen LogP contribution in [0.5, 0.6) is 0 Å². The van der Waals surface area contributed by atoms with Gasteiger partial charge in [-0.2, -0.15) is 0 Å². The first-order chi connectivity index (χ1) is 19.6. The molecule has 2 aromatic heterocycles. The number of hydrogen-bond donors (Lipinski definition) is 3. The van der Waals surface area contributed by atoms with Crippen LogP contribution in [0, 0.1) is 25.5 Å². The van der Waals surface area contributed by atoms with Crippen molar-refractivity contribution >= 4 is 17.4 Å². The van der Waals surface area contributed by atoms with E-state index >= 15 is 0 Å². The lowest BCUT2D eigenvalue weighted by Crippen LogP contribution is -2.36. The molecule has 0 saturated heterocycles. The smallest absolute Gasteiger partial charge is 0.272 e. The van der Waals surface area contributed by atoms with E-state index in [-0.39, 0.29) is 23.5 Å². The van der Waals surface area contributed by atoms with Gasteiger partial charge in [0, 0.05) is 60.8 Å². The number of benzene rings is 1. The zero-order valence-corrected chi connectivity index (χ0v) is 23.4. The van der Waals surface area contributed by atoms with Gasteiger partial charge in [-0.05, 0) is 49.9 Å². The van der Waals surface area contributed by atoms with E-state index in [0.717, 1.165) is 50.7 Å². The summed E-state index contributed by atoms with van der Waals surface area (Å²) in [4.78, 5) is 28.8. The number of carbonyl (C=O) groups is 2. The van der Waals surface area contributed by atoms with E-state index in [4.69, 9.17) is 5.53 Å². The summed E-state index contributed by atoms with van der Waals surface area (Å²) in [6.07, 6.45) is 6.28. The Morgan fingerprint density at radius 3 is 2.54 bits per heavy atom. The summed E-state index contributed by atoms with van der Waals surface area (Å²) >= 11 is 0.